The molecule has 2 N–H and O–H groups in total. The van der Waals surface area contributed by atoms with Crippen LogP contribution in [0.4, 0.5) is 0 Å². The summed E-state index contributed by atoms with van der Waals surface area (Å²) in [7, 11) is 0. The highest BCUT2D eigenvalue weighted by Gasteiger charge is 2.57. The van der Waals surface area contributed by atoms with E-state index >= 15 is 0 Å². The Labute approximate surface area is 142 Å². The first-order valence-corrected chi connectivity index (χ1v) is 8.79. The highest BCUT2D eigenvalue weighted by Crippen LogP contribution is 2.58. The van der Waals surface area contributed by atoms with E-state index in [-0.39, 0.29) is 23.3 Å². The third-order valence-corrected chi connectivity index (χ3v) is 5.60. The second-order valence-electron chi connectivity index (χ2n) is 7.14. The average Bonchev–Trinajstić information content (AvgIpc) is 3.05. The summed E-state index contributed by atoms with van der Waals surface area (Å²) < 4.78 is 1.84. The van der Waals surface area contributed by atoms with Crippen LogP contribution in [-0.4, -0.2) is 28.8 Å². The van der Waals surface area contributed by atoms with Crippen LogP contribution < -0.4 is 10.6 Å². The molecule has 1 aliphatic heterocycles. The van der Waals surface area contributed by atoms with Gasteiger partial charge in [-0.2, -0.15) is 5.10 Å². The third-order valence-electron chi connectivity index (χ3n) is 5.60. The summed E-state index contributed by atoms with van der Waals surface area (Å²) in [5, 5.41) is 10.9. The number of piperidine rings is 1. The molecule has 0 bridgehead atoms. The Balaban J connectivity index is 1.42. The van der Waals surface area contributed by atoms with Crippen LogP contribution in [0.3, 0.4) is 0 Å². The molecule has 1 saturated carbocycles. The molecule has 1 aromatic heterocycles. The predicted molar refractivity (Wildman–Crippen MR) is 92.8 cm³/mol. The van der Waals surface area contributed by atoms with Crippen LogP contribution >= 0.6 is 0 Å². The fourth-order valence-electron chi connectivity index (χ4n) is 3.95. The van der Waals surface area contributed by atoms with Gasteiger partial charge in [-0.3, -0.25) is 4.79 Å². The summed E-state index contributed by atoms with van der Waals surface area (Å²) in [6, 6.07) is 10.1. The van der Waals surface area contributed by atoms with E-state index in [9.17, 15) is 4.79 Å². The number of benzene rings is 1. The Morgan fingerprint density at radius 3 is 2.96 bits per heavy atom. The molecule has 2 aliphatic rings. The summed E-state index contributed by atoms with van der Waals surface area (Å²) in [6.45, 7) is 4.15. The van der Waals surface area contributed by atoms with Crippen molar-refractivity contribution < 1.29 is 4.79 Å². The third kappa shape index (κ3) is 2.84. The van der Waals surface area contributed by atoms with Crippen molar-refractivity contribution in [3.8, 4) is 5.69 Å². The summed E-state index contributed by atoms with van der Waals surface area (Å²) in [4.78, 5) is 12.6. The van der Waals surface area contributed by atoms with Crippen LogP contribution in [0.25, 0.3) is 5.69 Å². The van der Waals surface area contributed by atoms with Crippen LogP contribution in [0, 0.1) is 11.3 Å². The highest BCUT2D eigenvalue weighted by atomic mass is 16.2. The molecular formula is C19H24N4O. The number of amides is 1. The van der Waals surface area contributed by atoms with Gasteiger partial charge in [0.1, 0.15) is 0 Å². The van der Waals surface area contributed by atoms with Crippen LogP contribution in [-0.2, 0) is 4.79 Å². The Morgan fingerprint density at radius 2 is 2.21 bits per heavy atom. The van der Waals surface area contributed by atoms with E-state index in [2.05, 4.69) is 34.8 Å². The summed E-state index contributed by atoms with van der Waals surface area (Å²) >= 11 is 0. The smallest absolute Gasteiger partial charge is 0.224 e. The van der Waals surface area contributed by atoms with Gasteiger partial charge in [0.05, 0.1) is 11.7 Å². The van der Waals surface area contributed by atoms with Crippen molar-refractivity contribution in [3.05, 3.63) is 48.3 Å². The first-order valence-electron chi connectivity index (χ1n) is 8.79. The van der Waals surface area contributed by atoms with Crippen LogP contribution in [0.15, 0.2) is 42.7 Å². The van der Waals surface area contributed by atoms with Gasteiger partial charge in [-0.05, 0) is 68.5 Å². The van der Waals surface area contributed by atoms with Gasteiger partial charge in [0, 0.05) is 18.3 Å². The van der Waals surface area contributed by atoms with Gasteiger partial charge in [0.15, 0.2) is 0 Å². The molecule has 1 amide bonds. The SMILES string of the molecule is CC(NC(=O)C1CC12CCNCC2)c1cccc(-n2cccn2)c1. The number of carbonyl (C=O) groups excluding carboxylic acids is 1. The zero-order valence-corrected chi connectivity index (χ0v) is 14.0. The molecule has 2 fully saturated rings. The van der Waals surface area contributed by atoms with Crippen molar-refractivity contribution in [1.82, 2.24) is 20.4 Å². The molecule has 5 nitrogen and oxygen atoms in total. The van der Waals surface area contributed by atoms with Crippen LogP contribution in [0.5, 0.6) is 0 Å². The van der Waals surface area contributed by atoms with E-state index in [1.807, 2.05) is 29.1 Å². The molecule has 1 saturated heterocycles. The topological polar surface area (TPSA) is 59.0 Å². The zero-order valence-electron chi connectivity index (χ0n) is 14.0. The number of hydrogen-bond donors (Lipinski definition) is 2. The van der Waals surface area contributed by atoms with Gasteiger partial charge in [-0.15, -0.1) is 0 Å². The van der Waals surface area contributed by atoms with E-state index in [1.165, 1.54) is 0 Å². The average molecular weight is 324 g/mol. The van der Waals surface area contributed by atoms with Crippen LogP contribution in [0.2, 0.25) is 0 Å². The Bertz CT molecular complexity index is 719. The molecule has 1 aromatic carbocycles. The van der Waals surface area contributed by atoms with Gasteiger partial charge in [0.2, 0.25) is 5.91 Å². The minimum atomic E-state index is 0.00683. The molecule has 1 aliphatic carbocycles. The Hall–Kier alpha value is -2.14. The Kier molecular flexibility index (Phi) is 3.88. The number of hydrogen-bond acceptors (Lipinski definition) is 3. The molecule has 2 atom stereocenters. The molecule has 2 heterocycles. The Morgan fingerprint density at radius 1 is 1.38 bits per heavy atom. The quantitative estimate of drug-likeness (QED) is 0.908. The second-order valence-corrected chi connectivity index (χ2v) is 7.14. The monoisotopic (exact) mass is 324 g/mol. The minimum Gasteiger partial charge on any atom is -0.349 e. The van der Waals surface area contributed by atoms with Crippen molar-refractivity contribution >= 4 is 5.91 Å². The fraction of sp³-hybridized carbons (Fsp3) is 0.474. The van der Waals surface area contributed by atoms with Crippen LogP contribution in [0.1, 0.15) is 37.8 Å². The summed E-state index contributed by atoms with van der Waals surface area (Å²) in [5.74, 6) is 0.422. The maximum absolute atomic E-state index is 12.6. The van der Waals surface area contributed by atoms with Crippen molar-refractivity contribution in [2.75, 3.05) is 13.1 Å². The molecule has 1 spiro atoms. The zero-order chi connectivity index (χ0) is 16.6. The van der Waals surface area contributed by atoms with Crippen molar-refractivity contribution in [1.29, 1.82) is 0 Å². The van der Waals surface area contributed by atoms with E-state index in [0.29, 0.717) is 0 Å². The van der Waals surface area contributed by atoms with Gasteiger partial charge in [-0.1, -0.05) is 12.1 Å². The number of nitrogens with one attached hydrogen (secondary N) is 2. The molecule has 2 unspecified atom stereocenters. The normalized spacial score (nSPS) is 23.0. The van der Waals surface area contributed by atoms with E-state index in [4.69, 9.17) is 0 Å². The molecule has 4 rings (SSSR count). The number of carbonyl (C=O) groups is 1. The fourth-order valence-corrected chi connectivity index (χ4v) is 3.95. The molecule has 126 valence electrons. The number of rotatable bonds is 4. The lowest BCUT2D eigenvalue weighted by Gasteiger charge is -2.24. The van der Waals surface area contributed by atoms with E-state index in [0.717, 1.165) is 43.6 Å². The van der Waals surface area contributed by atoms with Gasteiger partial charge < -0.3 is 10.6 Å². The molecule has 0 radical (unpaired) electrons. The minimum absolute atomic E-state index is 0.00683. The lowest BCUT2D eigenvalue weighted by atomic mass is 9.91. The van der Waals surface area contributed by atoms with Crippen molar-refractivity contribution in [2.45, 2.75) is 32.2 Å². The summed E-state index contributed by atoms with van der Waals surface area (Å²) in [6.07, 6.45) is 7.01. The second kappa shape index (κ2) is 6.06. The van der Waals surface area contributed by atoms with Gasteiger partial charge in [0.25, 0.3) is 0 Å². The molecule has 5 heteroatoms. The first-order chi connectivity index (χ1) is 11.7. The maximum Gasteiger partial charge on any atom is 0.224 e. The number of aromatic nitrogens is 2. The molecule has 24 heavy (non-hydrogen) atoms. The van der Waals surface area contributed by atoms with E-state index < -0.39 is 0 Å². The highest BCUT2D eigenvalue weighted by molar-refractivity contribution is 5.83. The molecule has 2 aromatic rings. The predicted octanol–water partition coefficient (Wildman–Crippen LogP) is 2.44. The first kappa shape index (κ1) is 15.4. The standard InChI is InChI=1S/C19H24N4O/c1-14(15-4-2-5-16(12-15)23-11-3-8-21-23)22-18(24)17-13-19(17)6-9-20-10-7-19/h2-5,8,11-12,14,17,20H,6-7,9-10,13H2,1H3,(H,22,24). The molecular weight excluding hydrogens is 300 g/mol. The van der Waals surface area contributed by atoms with Gasteiger partial charge >= 0.3 is 0 Å². The largest absolute Gasteiger partial charge is 0.349 e. The lowest BCUT2D eigenvalue weighted by molar-refractivity contribution is -0.123. The number of nitrogens with zero attached hydrogens (tertiary/aromatic N) is 2. The van der Waals surface area contributed by atoms with Gasteiger partial charge in [-0.25, -0.2) is 4.68 Å². The van der Waals surface area contributed by atoms with Crippen molar-refractivity contribution in [2.24, 2.45) is 11.3 Å². The summed E-state index contributed by atoms with van der Waals surface area (Å²) in [5.41, 5.74) is 2.41. The van der Waals surface area contributed by atoms with Crippen molar-refractivity contribution in [3.63, 3.8) is 0 Å². The lowest BCUT2D eigenvalue weighted by Crippen LogP contribution is -2.34. The van der Waals surface area contributed by atoms with E-state index in [1.54, 1.807) is 6.20 Å². The maximum atomic E-state index is 12.6.